The van der Waals surface area contributed by atoms with Gasteiger partial charge in [0.2, 0.25) is 0 Å². The Labute approximate surface area is 128 Å². The van der Waals surface area contributed by atoms with E-state index in [1.807, 2.05) is 6.08 Å². The van der Waals surface area contributed by atoms with Crippen LogP contribution in [0.4, 0.5) is 0 Å². The third-order valence-corrected chi connectivity index (χ3v) is 3.92. The van der Waals surface area contributed by atoms with Gasteiger partial charge in [0.25, 0.3) is 0 Å². The largest absolute Gasteiger partial charge is 0.103 e. The van der Waals surface area contributed by atoms with Crippen LogP contribution < -0.4 is 0 Å². The molecule has 0 saturated heterocycles. The highest BCUT2D eigenvalue weighted by Gasteiger charge is 1.90. The number of hydrogen-bond acceptors (Lipinski definition) is 0. The van der Waals surface area contributed by atoms with Gasteiger partial charge >= 0.3 is 0 Å². The summed E-state index contributed by atoms with van der Waals surface area (Å²) >= 11 is 0. The van der Waals surface area contributed by atoms with Crippen molar-refractivity contribution in [2.24, 2.45) is 0 Å². The van der Waals surface area contributed by atoms with Crippen molar-refractivity contribution in [3.8, 4) is 0 Å². The highest BCUT2D eigenvalue weighted by Crippen LogP contribution is 2.10. The van der Waals surface area contributed by atoms with E-state index in [0.717, 1.165) is 0 Å². The van der Waals surface area contributed by atoms with E-state index in [2.05, 4.69) is 25.7 Å². The summed E-state index contributed by atoms with van der Waals surface area (Å²) in [6.07, 6.45) is 27.5. The van der Waals surface area contributed by atoms with Gasteiger partial charge in [-0.1, -0.05) is 82.9 Å². The van der Waals surface area contributed by atoms with Crippen molar-refractivity contribution in [2.45, 2.75) is 103 Å². The lowest BCUT2D eigenvalue weighted by Crippen LogP contribution is -1.80. The SMILES string of the molecule is C=CCCCCCC/C=C/CCCCCCCCCC. The molecule has 118 valence electrons. The van der Waals surface area contributed by atoms with Gasteiger partial charge in [0.1, 0.15) is 0 Å². The van der Waals surface area contributed by atoms with Gasteiger partial charge in [0.15, 0.2) is 0 Å². The average molecular weight is 279 g/mol. The molecule has 0 aromatic carbocycles. The van der Waals surface area contributed by atoms with E-state index in [9.17, 15) is 0 Å². The second-order valence-corrected chi connectivity index (χ2v) is 6.02. The molecular formula is C20H38. The molecule has 20 heavy (non-hydrogen) atoms. The lowest BCUT2D eigenvalue weighted by Gasteiger charge is -2.00. The molecular weight excluding hydrogens is 240 g/mol. The van der Waals surface area contributed by atoms with Gasteiger partial charge in [-0.3, -0.25) is 0 Å². The predicted octanol–water partition coefficient (Wildman–Crippen LogP) is 7.60. The second-order valence-electron chi connectivity index (χ2n) is 6.02. The number of unbranched alkanes of at least 4 members (excludes halogenated alkanes) is 13. The van der Waals surface area contributed by atoms with Crippen LogP contribution in [0.1, 0.15) is 103 Å². The molecule has 0 aliphatic carbocycles. The van der Waals surface area contributed by atoms with Crippen molar-refractivity contribution in [1.29, 1.82) is 0 Å². The summed E-state index contributed by atoms with van der Waals surface area (Å²) in [4.78, 5) is 0. The fourth-order valence-electron chi connectivity index (χ4n) is 2.54. The summed E-state index contributed by atoms with van der Waals surface area (Å²) < 4.78 is 0. The summed E-state index contributed by atoms with van der Waals surface area (Å²) in [5.41, 5.74) is 0. The minimum absolute atomic E-state index is 1.19. The number of rotatable bonds is 16. The molecule has 0 radical (unpaired) electrons. The van der Waals surface area contributed by atoms with E-state index in [-0.39, 0.29) is 0 Å². The maximum atomic E-state index is 3.76. The zero-order chi connectivity index (χ0) is 14.7. The Hall–Kier alpha value is -0.520. The zero-order valence-corrected chi connectivity index (χ0v) is 14.0. The van der Waals surface area contributed by atoms with E-state index >= 15 is 0 Å². The number of allylic oxidation sites excluding steroid dienone is 3. The Kier molecular flexibility index (Phi) is 18.0. The first kappa shape index (κ1) is 19.5. The Balaban J connectivity index is 3.03. The average Bonchev–Trinajstić information content (AvgIpc) is 2.47. The van der Waals surface area contributed by atoms with Crippen LogP contribution in [-0.2, 0) is 0 Å². The fourth-order valence-corrected chi connectivity index (χ4v) is 2.54. The van der Waals surface area contributed by atoms with Crippen molar-refractivity contribution >= 4 is 0 Å². The summed E-state index contributed by atoms with van der Waals surface area (Å²) in [6.45, 7) is 6.04. The van der Waals surface area contributed by atoms with Crippen molar-refractivity contribution in [1.82, 2.24) is 0 Å². The summed E-state index contributed by atoms with van der Waals surface area (Å²) in [7, 11) is 0. The van der Waals surface area contributed by atoms with Gasteiger partial charge < -0.3 is 0 Å². The van der Waals surface area contributed by atoms with E-state index < -0.39 is 0 Å². The van der Waals surface area contributed by atoms with Crippen molar-refractivity contribution in [3.63, 3.8) is 0 Å². The van der Waals surface area contributed by atoms with Gasteiger partial charge in [-0.25, -0.2) is 0 Å². The highest BCUT2D eigenvalue weighted by atomic mass is 14.0. The number of hydrogen-bond donors (Lipinski definition) is 0. The molecule has 0 unspecified atom stereocenters. The molecule has 0 spiro atoms. The fraction of sp³-hybridized carbons (Fsp3) is 0.800. The molecule has 0 aromatic heterocycles. The molecule has 0 atom stereocenters. The minimum Gasteiger partial charge on any atom is -0.103 e. The van der Waals surface area contributed by atoms with Crippen molar-refractivity contribution in [2.75, 3.05) is 0 Å². The maximum Gasteiger partial charge on any atom is -0.0351 e. The molecule has 0 nitrogen and oxygen atoms in total. The molecule has 0 fully saturated rings. The third-order valence-electron chi connectivity index (χ3n) is 3.92. The topological polar surface area (TPSA) is 0 Å². The van der Waals surface area contributed by atoms with E-state index in [1.165, 1.54) is 96.3 Å². The predicted molar refractivity (Wildman–Crippen MR) is 94.3 cm³/mol. The normalized spacial score (nSPS) is 11.2. The molecule has 0 aromatic rings. The van der Waals surface area contributed by atoms with Crippen LogP contribution >= 0.6 is 0 Å². The lowest BCUT2D eigenvalue weighted by molar-refractivity contribution is 0.577. The molecule has 0 aliphatic rings. The Morgan fingerprint density at radius 3 is 1.40 bits per heavy atom. The first-order valence-corrected chi connectivity index (χ1v) is 9.17. The minimum atomic E-state index is 1.19. The quantitative estimate of drug-likeness (QED) is 0.201. The molecule has 0 saturated carbocycles. The van der Waals surface area contributed by atoms with Crippen LogP contribution in [0.25, 0.3) is 0 Å². The zero-order valence-electron chi connectivity index (χ0n) is 14.0. The van der Waals surface area contributed by atoms with Crippen LogP contribution in [0.3, 0.4) is 0 Å². The van der Waals surface area contributed by atoms with Gasteiger partial charge in [0, 0.05) is 0 Å². The van der Waals surface area contributed by atoms with Gasteiger partial charge in [-0.05, 0) is 38.5 Å². The summed E-state index contributed by atoms with van der Waals surface area (Å²) in [5.74, 6) is 0. The highest BCUT2D eigenvalue weighted by molar-refractivity contribution is 4.81. The second kappa shape index (κ2) is 18.5. The van der Waals surface area contributed by atoms with Crippen LogP contribution in [0.5, 0.6) is 0 Å². The standard InChI is InChI=1S/C20H38/c1-3-5-7-9-11-13-15-17-19-20-18-16-14-12-10-8-6-4-2/h3,17,19H,1,4-16,18,20H2,2H3/b19-17+. The van der Waals surface area contributed by atoms with Crippen LogP contribution in [0.2, 0.25) is 0 Å². The monoisotopic (exact) mass is 278 g/mol. The molecule has 0 heteroatoms. The van der Waals surface area contributed by atoms with Crippen LogP contribution in [0, 0.1) is 0 Å². The van der Waals surface area contributed by atoms with Crippen molar-refractivity contribution in [3.05, 3.63) is 24.8 Å². The Morgan fingerprint density at radius 2 is 0.950 bits per heavy atom. The van der Waals surface area contributed by atoms with E-state index in [0.29, 0.717) is 0 Å². The van der Waals surface area contributed by atoms with Crippen LogP contribution in [0.15, 0.2) is 24.8 Å². The van der Waals surface area contributed by atoms with Gasteiger partial charge in [-0.2, -0.15) is 0 Å². The van der Waals surface area contributed by atoms with Gasteiger partial charge in [-0.15, -0.1) is 6.58 Å². The summed E-state index contributed by atoms with van der Waals surface area (Å²) in [6, 6.07) is 0. The molecule has 0 aliphatic heterocycles. The smallest absolute Gasteiger partial charge is 0.0351 e. The molecule has 0 heterocycles. The Morgan fingerprint density at radius 1 is 0.550 bits per heavy atom. The molecule has 0 amide bonds. The Bertz CT molecular complexity index is 202. The van der Waals surface area contributed by atoms with E-state index in [4.69, 9.17) is 0 Å². The molecule has 0 rings (SSSR count). The maximum absolute atomic E-state index is 3.76. The van der Waals surface area contributed by atoms with Gasteiger partial charge in [0.05, 0.1) is 0 Å². The molecule has 0 N–H and O–H groups in total. The first-order valence-electron chi connectivity index (χ1n) is 9.17. The third kappa shape index (κ3) is 17.5. The van der Waals surface area contributed by atoms with Crippen LogP contribution in [-0.4, -0.2) is 0 Å². The van der Waals surface area contributed by atoms with E-state index in [1.54, 1.807) is 0 Å². The first-order chi connectivity index (χ1) is 9.91. The summed E-state index contributed by atoms with van der Waals surface area (Å²) in [5, 5.41) is 0. The lowest BCUT2D eigenvalue weighted by atomic mass is 10.1. The van der Waals surface area contributed by atoms with Crippen molar-refractivity contribution < 1.29 is 0 Å². The molecule has 0 bridgehead atoms.